The molecule has 0 radical (unpaired) electrons. The molecule has 0 saturated carbocycles. The van der Waals surface area contributed by atoms with Crippen molar-refractivity contribution in [1.82, 2.24) is 14.7 Å². The van der Waals surface area contributed by atoms with Crippen molar-refractivity contribution in [2.24, 2.45) is 0 Å². The Labute approximate surface area is 122 Å². The highest BCUT2D eigenvalue weighted by atomic mass is 35.5. The first-order valence-electron chi connectivity index (χ1n) is 5.47. The van der Waals surface area contributed by atoms with Crippen LogP contribution < -0.4 is 5.32 Å². The summed E-state index contributed by atoms with van der Waals surface area (Å²) in [5.74, 6) is -1.93. The number of hydrogen-bond acceptors (Lipinski definition) is 5. The van der Waals surface area contributed by atoms with E-state index in [4.69, 9.17) is 21.8 Å². The molecule has 3 N–H and O–H groups in total. The molecule has 2 rings (SSSR count). The topological polar surface area (TPSA) is 104 Å². The summed E-state index contributed by atoms with van der Waals surface area (Å²) < 4.78 is 1.73. The van der Waals surface area contributed by atoms with Crippen molar-refractivity contribution in [2.75, 3.05) is 6.54 Å². The van der Waals surface area contributed by atoms with Crippen molar-refractivity contribution in [3.8, 4) is 0 Å². The summed E-state index contributed by atoms with van der Waals surface area (Å²) in [5.41, 5.74) is 0.553. The number of thiazole rings is 1. The Morgan fingerprint density at radius 2 is 2.35 bits per heavy atom. The first-order chi connectivity index (χ1) is 9.49. The SMILES string of the molecule is O=C(C=Cc1c(Cl)nc2sccn12)NCC(O)C(=O)O. The van der Waals surface area contributed by atoms with E-state index in [1.807, 2.05) is 5.38 Å². The van der Waals surface area contributed by atoms with E-state index in [1.54, 1.807) is 10.6 Å². The minimum absolute atomic E-state index is 0.270. The van der Waals surface area contributed by atoms with E-state index in [2.05, 4.69) is 10.3 Å². The van der Waals surface area contributed by atoms with Gasteiger partial charge in [0.15, 0.2) is 16.2 Å². The van der Waals surface area contributed by atoms with E-state index in [-0.39, 0.29) is 11.7 Å². The molecule has 106 valence electrons. The summed E-state index contributed by atoms with van der Waals surface area (Å²) in [5, 5.41) is 21.8. The Hall–Kier alpha value is -1.90. The van der Waals surface area contributed by atoms with Gasteiger partial charge in [0.25, 0.3) is 0 Å². The number of rotatable bonds is 5. The van der Waals surface area contributed by atoms with E-state index >= 15 is 0 Å². The molecule has 1 unspecified atom stereocenters. The Bertz CT molecular complexity index is 678. The van der Waals surface area contributed by atoms with Crippen LogP contribution in [0.4, 0.5) is 0 Å². The maximum absolute atomic E-state index is 11.5. The van der Waals surface area contributed by atoms with Crippen LogP contribution in [-0.4, -0.2) is 44.1 Å². The molecule has 0 saturated heterocycles. The van der Waals surface area contributed by atoms with Crippen molar-refractivity contribution in [2.45, 2.75) is 6.10 Å². The second kappa shape index (κ2) is 6.04. The molecule has 1 atom stereocenters. The molecule has 20 heavy (non-hydrogen) atoms. The minimum Gasteiger partial charge on any atom is -0.479 e. The first-order valence-corrected chi connectivity index (χ1v) is 6.72. The molecule has 1 amide bonds. The zero-order chi connectivity index (χ0) is 14.7. The molecule has 0 spiro atoms. The summed E-state index contributed by atoms with van der Waals surface area (Å²) in [7, 11) is 0. The molecule has 0 fully saturated rings. The summed E-state index contributed by atoms with van der Waals surface area (Å²) in [6, 6.07) is 0. The van der Waals surface area contributed by atoms with Crippen molar-refractivity contribution in [3.05, 3.63) is 28.5 Å². The van der Waals surface area contributed by atoms with Crippen LogP contribution in [0.15, 0.2) is 17.7 Å². The van der Waals surface area contributed by atoms with Gasteiger partial charge in [0.1, 0.15) is 0 Å². The van der Waals surface area contributed by atoms with E-state index in [0.29, 0.717) is 10.7 Å². The lowest BCUT2D eigenvalue weighted by atomic mass is 10.3. The number of hydrogen-bond donors (Lipinski definition) is 3. The molecule has 9 heteroatoms. The van der Waals surface area contributed by atoms with Crippen molar-refractivity contribution in [3.63, 3.8) is 0 Å². The van der Waals surface area contributed by atoms with Crippen LogP contribution in [0, 0.1) is 0 Å². The number of aliphatic hydroxyl groups excluding tert-OH is 1. The number of aliphatic carboxylic acids is 1. The van der Waals surface area contributed by atoms with Crippen LogP contribution in [0.5, 0.6) is 0 Å². The summed E-state index contributed by atoms with van der Waals surface area (Å²) in [6.07, 6.45) is 2.80. The maximum atomic E-state index is 11.5. The van der Waals surface area contributed by atoms with Crippen LogP contribution in [0.3, 0.4) is 0 Å². The minimum atomic E-state index is -1.63. The van der Waals surface area contributed by atoms with Gasteiger partial charge < -0.3 is 15.5 Å². The number of aliphatic hydroxyl groups is 1. The number of imidazole rings is 1. The third-order valence-electron chi connectivity index (χ3n) is 2.40. The smallest absolute Gasteiger partial charge is 0.334 e. The second-order valence-corrected chi connectivity index (χ2v) is 5.01. The van der Waals surface area contributed by atoms with Crippen LogP contribution in [-0.2, 0) is 9.59 Å². The average molecular weight is 316 g/mol. The van der Waals surface area contributed by atoms with Gasteiger partial charge in [-0.05, 0) is 6.08 Å². The lowest BCUT2D eigenvalue weighted by Crippen LogP contribution is -2.35. The summed E-state index contributed by atoms with van der Waals surface area (Å²) in [4.78, 5) is 26.6. The Kier molecular flexibility index (Phi) is 4.38. The van der Waals surface area contributed by atoms with Crippen LogP contribution >= 0.6 is 22.9 Å². The lowest BCUT2D eigenvalue weighted by Gasteiger charge is -2.05. The fourth-order valence-electron chi connectivity index (χ4n) is 1.42. The highest BCUT2D eigenvalue weighted by molar-refractivity contribution is 7.15. The quantitative estimate of drug-likeness (QED) is 0.702. The zero-order valence-corrected chi connectivity index (χ0v) is 11.6. The number of fused-ring (bicyclic) bond motifs is 1. The number of aromatic nitrogens is 2. The van der Waals surface area contributed by atoms with Gasteiger partial charge in [0, 0.05) is 17.7 Å². The number of nitrogens with zero attached hydrogens (tertiary/aromatic N) is 2. The number of carbonyl (C=O) groups excluding carboxylic acids is 1. The lowest BCUT2D eigenvalue weighted by molar-refractivity contribution is -0.146. The van der Waals surface area contributed by atoms with Gasteiger partial charge in [-0.25, -0.2) is 9.78 Å². The van der Waals surface area contributed by atoms with Gasteiger partial charge in [-0.1, -0.05) is 11.6 Å². The Morgan fingerprint density at radius 3 is 3.05 bits per heavy atom. The van der Waals surface area contributed by atoms with Gasteiger partial charge in [-0.2, -0.15) is 0 Å². The van der Waals surface area contributed by atoms with Gasteiger partial charge in [-0.3, -0.25) is 9.20 Å². The van der Waals surface area contributed by atoms with E-state index in [1.165, 1.54) is 23.5 Å². The molecule has 2 heterocycles. The van der Waals surface area contributed by atoms with Crippen molar-refractivity contribution in [1.29, 1.82) is 0 Å². The number of halogens is 1. The molecular weight excluding hydrogens is 306 g/mol. The first kappa shape index (κ1) is 14.5. The summed E-state index contributed by atoms with van der Waals surface area (Å²) >= 11 is 7.34. The Morgan fingerprint density at radius 1 is 1.60 bits per heavy atom. The standard InChI is InChI=1S/C11H10ClN3O4S/c12-9-6(15-3-4-20-11(15)14-9)1-2-8(17)13-5-7(16)10(18)19/h1-4,7,16H,5H2,(H,13,17)(H,18,19). The van der Waals surface area contributed by atoms with E-state index < -0.39 is 18.0 Å². The highest BCUT2D eigenvalue weighted by Crippen LogP contribution is 2.22. The Balaban J connectivity index is 2.02. The van der Waals surface area contributed by atoms with Gasteiger partial charge >= 0.3 is 5.97 Å². The molecule has 7 nitrogen and oxygen atoms in total. The predicted octanol–water partition coefficient (Wildman–Crippen LogP) is 0.624. The second-order valence-electron chi connectivity index (χ2n) is 3.78. The number of nitrogens with one attached hydrogen (secondary N) is 1. The van der Waals surface area contributed by atoms with Crippen molar-refractivity contribution < 1.29 is 19.8 Å². The molecule has 2 aromatic rings. The molecule has 0 aliphatic rings. The van der Waals surface area contributed by atoms with E-state index in [0.717, 1.165) is 0 Å². The summed E-state index contributed by atoms with van der Waals surface area (Å²) in [6.45, 7) is -0.369. The molecule has 0 aromatic carbocycles. The van der Waals surface area contributed by atoms with E-state index in [9.17, 15) is 9.59 Å². The zero-order valence-electron chi connectivity index (χ0n) is 9.99. The molecule has 2 aromatic heterocycles. The highest BCUT2D eigenvalue weighted by Gasteiger charge is 2.13. The predicted molar refractivity (Wildman–Crippen MR) is 73.8 cm³/mol. The molecule has 0 aliphatic carbocycles. The monoisotopic (exact) mass is 315 g/mol. The average Bonchev–Trinajstić information content (AvgIpc) is 2.94. The fraction of sp³-hybridized carbons (Fsp3) is 0.182. The number of carboxylic acid groups (broad SMARTS) is 1. The normalized spacial score (nSPS) is 12.9. The fourth-order valence-corrected chi connectivity index (χ4v) is 2.43. The van der Waals surface area contributed by atoms with Crippen LogP contribution in [0.2, 0.25) is 5.15 Å². The van der Waals surface area contributed by atoms with Gasteiger partial charge in [0.2, 0.25) is 5.91 Å². The van der Waals surface area contributed by atoms with Crippen molar-refractivity contribution >= 4 is 45.9 Å². The largest absolute Gasteiger partial charge is 0.479 e. The van der Waals surface area contributed by atoms with Crippen LogP contribution in [0.1, 0.15) is 5.69 Å². The number of carbonyl (C=O) groups is 2. The molecular formula is C11H10ClN3O4S. The maximum Gasteiger partial charge on any atom is 0.334 e. The third-order valence-corrected chi connectivity index (χ3v) is 3.44. The number of amides is 1. The van der Waals surface area contributed by atoms with Gasteiger partial charge in [0.05, 0.1) is 12.2 Å². The third kappa shape index (κ3) is 3.16. The molecule has 0 bridgehead atoms. The van der Waals surface area contributed by atoms with Crippen LogP contribution in [0.25, 0.3) is 11.0 Å². The molecule has 0 aliphatic heterocycles. The van der Waals surface area contributed by atoms with Gasteiger partial charge in [-0.15, -0.1) is 11.3 Å². The number of carboxylic acids is 1.